The number of hydroxylamine groups is 2. The van der Waals surface area contributed by atoms with Crippen molar-refractivity contribution in [2.24, 2.45) is 0 Å². The summed E-state index contributed by atoms with van der Waals surface area (Å²) in [5.41, 5.74) is 0.423. The topological polar surface area (TPSA) is 110 Å². The van der Waals surface area contributed by atoms with Crippen molar-refractivity contribution in [3.63, 3.8) is 0 Å². The van der Waals surface area contributed by atoms with E-state index in [4.69, 9.17) is 16.4 Å². The quantitative estimate of drug-likeness (QED) is 0.588. The zero-order valence-electron chi connectivity index (χ0n) is 15.6. The van der Waals surface area contributed by atoms with Gasteiger partial charge in [0.25, 0.3) is 21.8 Å². The summed E-state index contributed by atoms with van der Waals surface area (Å²) in [7, 11) is -3.96. The fraction of sp³-hybridized carbons (Fsp3) is 0. The summed E-state index contributed by atoms with van der Waals surface area (Å²) in [4.78, 5) is 41.8. The van der Waals surface area contributed by atoms with Gasteiger partial charge in [0.1, 0.15) is 0 Å². The third-order valence-electron chi connectivity index (χ3n) is 4.45. The molecule has 3 aromatic carbocycles. The van der Waals surface area contributed by atoms with Crippen LogP contribution in [0, 0.1) is 0 Å². The second-order valence-corrected chi connectivity index (χ2v) is 8.53. The number of hydrogen-bond donors (Lipinski definition) is 1. The Morgan fingerprint density at radius 3 is 1.97 bits per heavy atom. The van der Waals surface area contributed by atoms with E-state index in [0.717, 1.165) is 0 Å². The largest absolute Gasteiger partial charge is 0.363 e. The highest BCUT2D eigenvalue weighted by atomic mass is 35.5. The minimum absolute atomic E-state index is 0.0479. The highest BCUT2D eigenvalue weighted by Gasteiger charge is 2.38. The van der Waals surface area contributed by atoms with Crippen LogP contribution in [0.15, 0.2) is 77.7 Å². The number of sulfonamides is 1. The molecule has 3 aromatic rings. The van der Waals surface area contributed by atoms with Crippen molar-refractivity contribution >= 4 is 45.1 Å². The average molecular weight is 457 g/mol. The van der Waals surface area contributed by atoms with Crippen molar-refractivity contribution in [2.45, 2.75) is 4.90 Å². The molecule has 1 aliphatic rings. The highest BCUT2D eigenvalue weighted by molar-refractivity contribution is 7.92. The van der Waals surface area contributed by atoms with Crippen LogP contribution >= 0.6 is 11.6 Å². The number of nitrogens with zero attached hydrogens (tertiary/aromatic N) is 1. The van der Waals surface area contributed by atoms with Crippen molar-refractivity contribution in [2.75, 3.05) is 4.72 Å². The highest BCUT2D eigenvalue weighted by Crippen LogP contribution is 2.25. The molecule has 156 valence electrons. The number of fused-ring (bicyclic) bond motifs is 1. The number of halogens is 1. The predicted octanol–water partition coefficient (Wildman–Crippen LogP) is 3.51. The van der Waals surface area contributed by atoms with E-state index < -0.39 is 27.8 Å². The molecule has 0 bridgehead atoms. The maximum absolute atomic E-state index is 12.5. The second kappa shape index (κ2) is 7.86. The Labute approximate surface area is 182 Å². The van der Waals surface area contributed by atoms with Crippen LogP contribution in [0.4, 0.5) is 5.69 Å². The number of carbonyl (C=O) groups is 3. The number of anilines is 1. The first kappa shape index (κ1) is 20.6. The van der Waals surface area contributed by atoms with Gasteiger partial charge in [-0.3, -0.25) is 14.3 Å². The van der Waals surface area contributed by atoms with Crippen LogP contribution in [0.2, 0.25) is 5.02 Å². The zero-order chi connectivity index (χ0) is 22.2. The first-order valence-electron chi connectivity index (χ1n) is 8.85. The van der Waals surface area contributed by atoms with Gasteiger partial charge in [-0.1, -0.05) is 40.9 Å². The number of hydrogen-bond acceptors (Lipinski definition) is 6. The van der Waals surface area contributed by atoms with Crippen LogP contribution in [0.5, 0.6) is 0 Å². The van der Waals surface area contributed by atoms with E-state index in [2.05, 4.69) is 4.72 Å². The fourth-order valence-corrected chi connectivity index (χ4v) is 4.22. The van der Waals surface area contributed by atoms with E-state index in [9.17, 15) is 22.8 Å². The maximum atomic E-state index is 12.5. The van der Waals surface area contributed by atoms with E-state index in [-0.39, 0.29) is 32.3 Å². The molecule has 0 atom stereocenters. The number of amides is 2. The van der Waals surface area contributed by atoms with Gasteiger partial charge in [-0.15, -0.1) is 0 Å². The number of benzene rings is 3. The lowest BCUT2D eigenvalue weighted by Crippen LogP contribution is -2.32. The average Bonchev–Trinajstić information content (AvgIpc) is 3.00. The molecule has 0 radical (unpaired) electrons. The molecule has 31 heavy (non-hydrogen) atoms. The molecule has 1 aliphatic heterocycles. The maximum Gasteiger partial charge on any atom is 0.363 e. The number of rotatable bonds is 5. The van der Waals surface area contributed by atoms with E-state index in [1.807, 2.05) is 0 Å². The Morgan fingerprint density at radius 1 is 0.839 bits per heavy atom. The van der Waals surface area contributed by atoms with E-state index >= 15 is 0 Å². The third-order valence-corrected chi connectivity index (χ3v) is 6.16. The standard InChI is InChI=1S/C21H13ClN2O6S/c22-17-7-3-4-8-18(17)23-31(28,29)14-11-9-13(10-12-14)21(27)30-24-19(25)15-5-1-2-6-16(15)20(24)26/h1-12,23H. The molecular formula is C21H13ClN2O6S. The van der Waals surface area contributed by atoms with Gasteiger partial charge in [0.05, 0.1) is 32.3 Å². The smallest absolute Gasteiger partial charge is 0.324 e. The molecule has 1 heterocycles. The summed E-state index contributed by atoms with van der Waals surface area (Å²) in [5, 5.41) is 0.614. The molecule has 0 spiro atoms. The Morgan fingerprint density at radius 2 is 1.39 bits per heavy atom. The van der Waals surface area contributed by atoms with Crippen LogP contribution < -0.4 is 4.72 Å². The van der Waals surface area contributed by atoms with Crippen LogP contribution in [-0.4, -0.2) is 31.3 Å². The van der Waals surface area contributed by atoms with Crippen LogP contribution in [-0.2, 0) is 14.9 Å². The van der Waals surface area contributed by atoms with E-state index in [1.54, 1.807) is 24.3 Å². The molecule has 8 nitrogen and oxygen atoms in total. The lowest BCUT2D eigenvalue weighted by molar-refractivity contribution is -0.0584. The van der Waals surface area contributed by atoms with Crippen molar-refractivity contribution in [3.8, 4) is 0 Å². The SMILES string of the molecule is O=C(ON1C(=O)c2ccccc2C1=O)c1ccc(S(=O)(=O)Nc2ccccc2Cl)cc1. The van der Waals surface area contributed by atoms with Crippen molar-refractivity contribution in [1.82, 2.24) is 5.06 Å². The molecule has 0 aromatic heterocycles. The lowest BCUT2D eigenvalue weighted by Gasteiger charge is -2.13. The first-order chi connectivity index (χ1) is 14.8. The lowest BCUT2D eigenvalue weighted by atomic mass is 10.1. The van der Waals surface area contributed by atoms with Gasteiger partial charge in [0, 0.05) is 0 Å². The van der Waals surface area contributed by atoms with Crippen LogP contribution in [0.3, 0.4) is 0 Å². The molecule has 0 saturated carbocycles. The predicted molar refractivity (Wildman–Crippen MR) is 111 cm³/mol. The zero-order valence-corrected chi connectivity index (χ0v) is 17.2. The van der Waals surface area contributed by atoms with Crippen molar-refractivity contribution < 1.29 is 27.6 Å². The summed E-state index contributed by atoms with van der Waals surface area (Å²) in [6.45, 7) is 0. The summed E-state index contributed by atoms with van der Waals surface area (Å²) < 4.78 is 27.4. The van der Waals surface area contributed by atoms with Gasteiger partial charge >= 0.3 is 5.97 Å². The molecule has 2 amide bonds. The van der Waals surface area contributed by atoms with E-state index in [1.165, 1.54) is 48.5 Å². The monoisotopic (exact) mass is 456 g/mol. The third kappa shape index (κ3) is 3.88. The normalized spacial score (nSPS) is 13.1. The molecular weight excluding hydrogens is 444 g/mol. The Hall–Kier alpha value is -3.69. The van der Waals surface area contributed by atoms with Crippen LogP contribution in [0.1, 0.15) is 31.1 Å². The van der Waals surface area contributed by atoms with Gasteiger partial charge in [0.2, 0.25) is 0 Å². The Kier molecular flexibility index (Phi) is 5.22. The van der Waals surface area contributed by atoms with Gasteiger partial charge in [-0.2, -0.15) is 0 Å². The summed E-state index contributed by atoms with van der Waals surface area (Å²) >= 11 is 5.97. The number of nitrogens with one attached hydrogen (secondary N) is 1. The molecule has 10 heteroatoms. The van der Waals surface area contributed by atoms with Gasteiger partial charge in [0.15, 0.2) is 0 Å². The minimum Gasteiger partial charge on any atom is -0.324 e. The Balaban J connectivity index is 1.50. The van der Waals surface area contributed by atoms with Gasteiger partial charge in [-0.25, -0.2) is 13.2 Å². The molecule has 0 saturated heterocycles. The van der Waals surface area contributed by atoms with Crippen LogP contribution in [0.25, 0.3) is 0 Å². The molecule has 0 unspecified atom stereocenters. The molecule has 1 N–H and O–H groups in total. The number of carbonyl (C=O) groups excluding carboxylic acids is 3. The first-order valence-corrected chi connectivity index (χ1v) is 10.7. The van der Waals surface area contributed by atoms with Crippen molar-refractivity contribution in [3.05, 3.63) is 94.5 Å². The van der Waals surface area contributed by atoms with Crippen molar-refractivity contribution in [1.29, 1.82) is 0 Å². The molecule has 0 fully saturated rings. The summed E-state index contributed by atoms with van der Waals surface area (Å²) in [6, 6.07) is 17.2. The summed E-state index contributed by atoms with van der Waals surface area (Å²) in [5.74, 6) is -2.49. The second-order valence-electron chi connectivity index (χ2n) is 6.44. The van der Waals surface area contributed by atoms with E-state index in [0.29, 0.717) is 5.06 Å². The molecule has 4 rings (SSSR count). The summed E-state index contributed by atoms with van der Waals surface area (Å²) in [6.07, 6.45) is 0. The molecule has 0 aliphatic carbocycles. The van der Waals surface area contributed by atoms with Gasteiger partial charge in [-0.05, 0) is 48.5 Å². The number of para-hydroxylation sites is 1. The number of imide groups is 1. The minimum atomic E-state index is -3.96. The Bertz CT molecular complexity index is 1290. The fourth-order valence-electron chi connectivity index (χ4n) is 2.90. The van der Waals surface area contributed by atoms with Gasteiger partial charge < -0.3 is 4.84 Å².